The molecule has 1 aliphatic heterocycles. The molecule has 1 fully saturated rings. The van der Waals surface area contributed by atoms with Gasteiger partial charge in [0.15, 0.2) is 0 Å². The molecule has 4 nitrogen and oxygen atoms in total. The molecule has 0 unspecified atom stereocenters. The van der Waals surface area contributed by atoms with Crippen molar-refractivity contribution in [2.24, 2.45) is 5.41 Å². The quantitative estimate of drug-likeness (QED) is 0.385. The molecule has 120 valence electrons. The van der Waals surface area contributed by atoms with Crippen LogP contribution in [0.4, 0.5) is 0 Å². The topological polar surface area (TPSA) is 44.8 Å². The minimum absolute atomic E-state index is 0.0577. The number of carbonyl (C=O) groups is 1. The Morgan fingerprint density at radius 2 is 1.75 bits per heavy atom. The summed E-state index contributed by atoms with van der Waals surface area (Å²) < 4.78 is 5.64. The normalized spacial score (nSPS) is 16.2. The van der Waals surface area contributed by atoms with Crippen molar-refractivity contribution in [2.75, 3.05) is 26.4 Å². The van der Waals surface area contributed by atoms with Gasteiger partial charge in [0.2, 0.25) is 0 Å². The summed E-state index contributed by atoms with van der Waals surface area (Å²) in [5, 5.41) is 0. The zero-order valence-corrected chi connectivity index (χ0v) is 13.7. The van der Waals surface area contributed by atoms with Crippen LogP contribution in [-0.4, -0.2) is 33.2 Å². The van der Waals surface area contributed by atoms with E-state index < -0.39 is 0 Å². The molecule has 0 aromatic heterocycles. The Morgan fingerprint density at radius 3 is 2.30 bits per heavy atom. The number of unbranched alkanes of at least 4 members (excludes halogenated alkanes) is 2. The summed E-state index contributed by atoms with van der Waals surface area (Å²) in [6.07, 6.45) is 9.11. The van der Waals surface area contributed by atoms with Crippen molar-refractivity contribution in [1.82, 2.24) is 0 Å². The first-order valence-electron chi connectivity index (χ1n) is 7.53. The van der Waals surface area contributed by atoms with Gasteiger partial charge >= 0.3 is 0 Å². The molecule has 1 saturated heterocycles. The summed E-state index contributed by atoms with van der Waals surface area (Å²) in [5.41, 5.74) is 0.0577. The molecular formula is C16H32O4. The summed E-state index contributed by atoms with van der Waals surface area (Å²) in [6.45, 7) is 13.2. The largest absolute Gasteiger partial charge is 0.381 e. The predicted octanol–water partition coefficient (Wildman–Crippen LogP) is 3.95. The highest BCUT2D eigenvalue weighted by molar-refractivity contribution is 5.10. The van der Waals surface area contributed by atoms with Crippen molar-refractivity contribution in [3.8, 4) is 0 Å². The smallest absolute Gasteiger partial charge is 0.106 e. The molecule has 0 amide bonds. The number of hydrogen-bond acceptors (Lipinski definition) is 4. The monoisotopic (exact) mass is 288 g/mol. The molecule has 0 aromatic rings. The Bertz CT molecular complexity index is 211. The van der Waals surface area contributed by atoms with Gasteiger partial charge in [0.1, 0.15) is 6.79 Å². The molecule has 0 saturated carbocycles. The lowest BCUT2D eigenvalue weighted by atomic mass is 9.95. The van der Waals surface area contributed by atoms with Gasteiger partial charge in [-0.25, -0.2) is 9.78 Å². The van der Waals surface area contributed by atoms with E-state index in [9.17, 15) is 0 Å². The van der Waals surface area contributed by atoms with E-state index in [1.807, 2.05) is 20.6 Å². The molecule has 1 aliphatic rings. The number of ether oxygens (including phenoxy) is 1. The van der Waals surface area contributed by atoms with Crippen molar-refractivity contribution < 1.29 is 19.3 Å². The lowest BCUT2D eigenvalue weighted by Gasteiger charge is -2.18. The molecule has 1 heterocycles. The molecule has 0 atom stereocenters. The van der Waals surface area contributed by atoms with E-state index in [4.69, 9.17) is 19.3 Å². The fraction of sp³-hybridized carbons (Fsp3) is 0.812. The highest BCUT2D eigenvalue weighted by Gasteiger charge is 2.31. The number of allylic oxidation sites excluding steroid dienone is 2. The molecule has 0 bridgehead atoms. The van der Waals surface area contributed by atoms with Gasteiger partial charge in [-0.1, -0.05) is 39.8 Å². The summed E-state index contributed by atoms with van der Waals surface area (Å²) >= 11 is 0. The first-order chi connectivity index (χ1) is 9.77. The van der Waals surface area contributed by atoms with Crippen molar-refractivity contribution >= 4 is 6.79 Å². The van der Waals surface area contributed by atoms with Crippen molar-refractivity contribution in [3.63, 3.8) is 0 Å². The fourth-order valence-corrected chi connectivity index (χ4v) is 1.56. The lowest BCUT2D eigenvalue weighted by molar-refractivity contribution is -0.248. The maximum absolute atomic E-state index is 8.00. The van der Waals surface area contributed by atoms with Crippen molar-refractivity contribution in [3.05, 3.63) is 12.2 Å². The van der Waals surface area contributed by atoms with Gasteiger partial charge in [0.25, 0.3) is 0 Å². The van der Waals surface area contributed by atoms with Crippen LogP contribution in [0.1, 0.15) is 53.4 Å². The maximum Gasteiger partial charge on any atom is 0.106 e. The molecule has 0 N–H and O–H groups in total. The number of carbonyl (C=O) groups excluding carboxylic acids is 1. The Balaban J connectivity index is 0. The van der Waals surface area contributed by atoms with Gasteiger partial charge in [-0.3, -0.25) is 0 Å². The number of rotatable bonds is 8. The molecule has 4 heteroatoms. The highest BCUT2D eigenvalue weighted by Crippen LogP contribution is 2.23. The SMILES string of the molecule is C=O.CC.CC/C=C\CCCCOCC1(C)COOC1. The fourth-order valence-electron chi connectivity index (χ4n) is 1.56. The summed E-state index contributed by atoms with van der Waals surface area (Å²) in [7, 11) is 0. The van der Waals surface area contributed by atoms with E-state index >= 15 is 0 Å². The van der Waals surface area contributed by atoms with Crippen LogP contribution in [0.2, 0.25) is 0 Å². The minimum atomic E-state index is 0.0577. The van der Waals surface area contributed by atoms with Crippen LogP contribution >= 0.6 is 0 Å². The molecule has 0 aromatic carbocycles. The van der Waals surface area contributed by atoms with Gasteiger partial charge in [0, 0.05) is 12.0 Å². The van der Waals surface area contributed by atoms with E-state index in [0.29, 0.717) is 13.2 Å². The number of hydrogen-bond donors (Lipinski definition) is 0. The van der Waals surface area contributed by atoms with E-state index in [0.717, 1.165) is 26.1 Å². The van der Waals surface area contributed by atoms with Crippen LogP contribution in [0, 0.1) is 5.41 Å². The maximum atomic E-state index is 8.00. The van der Waals surface area contributed by atoms with Crippen LogP contribution in [0.25, 0.3) is 0 Å². The zero-order chi connectivity index (χ0) is 15.7. The van der Waals surface area contributed by atoms with E-state index in [1.54, 1.807) is 0 Å². The van der Waals surface area contributed by atoms with E-state index in [2.05, 4.69) is 26.0 Å². The highest BCUT2D eigenvalue weighted by atomic mass is 17.2. The molecule has 20 heavy (non-hydrogen) atoms. The second kappa shape index (κ2) is 16.3. The summed E-state index contributed by atoms with van der Waals surface area (Å²) in [6, 6.07) is 0. The van der Waals surface area contributed by atoms with Crippen LogP contribution in [-0.2, 0) is 19.3 Å². The van der Waals surface area contributed by atoms with Gasteiger partial charge in [0.05, 0.1) is 19.8 Å². The average molecular weight is 288 g/mol. The Kier molecular flexibility index (Phi) is 17.6. The van der Waals surface area contributed by atoms with Crippen molar-refractivity contribution in [2.45, 2.75) is 53.4 Å². The van der Waals surface area contributed by atoms with Gasteiger partial charge < -0.3 is 9.53 Å². The molecule has 0 aliphatic carbocycles. The van der Waals surface area contributed by atoms with Crippen LogP contribution in [0.15, 0.2) is 12.2 Å². The van der Waals surface area contributed by atoms with Gasteiger partial charge in [-0.15, -0.1) is 0 Å². The molecule has 0 radical (unpaired) electrons. The third-order valence-corrected chi connectivity index (χ3v) is 2.66. The minimum Gasteiger partial charge on any atom is -0.381 e. The summed E-state index contributed by atoms with van der Waals surface area (Å²) in [5.74, 6) is 0. The van der Waals surface area contributed by atoms with Crippen LogP contribution in [0.5, 0.6) is 0 Å². The van der Waals surface area contributed by atoms with Crippen LogP contribution < -0.4 is 0 Å². The zero-order valence-electron chi connectivity index (χ0n) is 13.7. The molecule has 1 rings (SSSR count). The Hall–Kier alpha value is -0.710. The standard InChI is InChI=1S/C13H24O3.C2H6.CH2O/c1-3-4-5-6-7-8-9-14-10-13(2)11-15-16-12-13;2*1-2/h4-5H,3,6-12H2,1-2H3;1-2H3;1H2/b5-4-;;. The lowest BCUT2D eigenvalue weighted by Crippen LogP contribution is -2.26. The first-order valence-corrected chi connectivity index (χ1v) is 7.53. The average Bonchev–Trinajstić information content (AvgIpc) is 2.93. The van der Waals surface area contributed by atoms with E-state index in [-0.39, 0.29) is 5.41 Å². The second-order valence-electron chi connectivity index (χ2n) is 4.76. The van der Waals surface area contributed by atoms with Gasteiger partial charge in [-0.05, 0) is 25.7 Å². The van der Waals surface area contributed by atoms with Gasteiger partial charge in [-0.2, -0.15) is 0 Å². The second-order valence-corrected chi connectivity index (χ2v) is 4.76. The predicted molar refractivity (Wildman–Crippen MR) is 82.6 cm³/mol. The Labute approximate surface area is 124 Å². The van der Waals surface area contributed by atoms with Crippen LogP contribution in [0.3, 0.4) is 0 Å². The third kappa shape index (κ3) is 12.3. The van der Waals surface area contributed by atoms with Crippen molar-refractivity contribution in [1.29, 1.82) is 0 Å². The first kappa shape index (κ1) is 21.6. The summed E-state index contributed by atoms with van der Waals surface area (Å²) in [4.78, 5) is 17.8. The van der Waals surface area contributed by atoms with E-state index in [1.165, 1.54) is 12.8 Å². The molecular weight excluding hydrogens is 256 g/mol. The Morgan fingerprint density at radius 1 is 1.15 bits per heavy atom. The molecule has 0 spiro atoms. The third-order valence-electron chi connectivity index (χ3n) is 2.66.